The molecular formula is C17H20ClN3. The maximum Gasteiger partial charge on any atom is 0.138 e. The molecule has 3 rings (SSSR count). The van der Waals surface area contributed by atoms with Gasteiger partial charge in [0.1, 0.15) is 16.8 Å². The van der Waals surface area contributed by atoms with E-state index in [1.54, 1.807) is 0 Å². The summed E-state index contributed by atoms with van der Waals surface area (Å²) in [5.41, 5.74) is 1.16. The zero-order valence-electron chi connectivity index (χ0n) is 12.3. The first-order valence-corrected chi connectivity index (χ1v) is 8.03. The van der Waals surface area contributed by atoms with E-state index >= 15 is 0 Å². The standard InChI is InChI=1S/C17H20ClN3/c1-2-3-11-21(14-7-5-4-6-8-14)16-12-15(18)19-17(20-16)13-9-10-13/h4-8,12-13H,2-3,9-11H2,1H3. The Morgan fingerprint density at radius 3 is 2.62 bits per heavy atom. The highest BCUT2D eigenvalue weighted by Crippen LogP contribution is 2.39. The number of benzene rings is 1. The van der Waals surface area contributed by atoms with Gasteiger partial charge in [0.15, 0.2) is 0 Å². The van der Waals surface area contributed by atoms with Gasteiger partial charge in [0.2, 0.25) is 0 Å². The van der Waals surface area contributed by atoms with Crippen LogP contribution in [0.15, 0.2) is 36.4 Å². The lowest BCUT2D eigenvalue weighted by atomic mass is 10.2. The highest BCUT2D eigenvalue weighted by molar-refractivity contribution is 6.29. The molecule has 1 saturated carbocycles. The first kappa shape index (κ1) is 14.3. The van der Waals surface area contributed by atoms with Gasteiger partial charge >= 0.3 is 0 Å². The minimum Gasteiger partial charge on any atom is -0.326 e. The molecule has 3 nitrogen and oxygen atoms in total. The second-order valence-electron chi connectivity index (χ2n) is 5.52. The summed E-state index contributed by atoms with van der Waals surface area (Å²) in [5.74, 6) is 2.32. The fourth-order valence-electron chi connectivity index (χ4n) is 2.39. The molecule has 1 fully saturated rings. The number of rotatable bonds is 6. The minimum absolute atomic E-state index is 0.506. The van der Waals surface area contributed by atoms with E-state index in [1.807, 2.05) is 12.1 Å². The molecule has 0 amide bonds. The van der Waals surface area contributed by atoms with Crippen LogP contribution in [0.4, 0.5) is 11.5 Å². The third-order valence-corrected chi connectivity index (χ3v) is 3.91. The van der Waals surface area contributed by atoms with Crippen molar-refractivity contribution in [3.8, 4) is 0 Å². The van der Waals surface area contributed by atoms with Crippen molar-refractivity contribution in [1.29, 1.82) is 0 Å². The number of hydrogen-bond acceptors (Lipinski definition) is 3. The third kappa shape index (κ3) is 3.53. The van der Waals surface area contributed by atoms with E-state index in [2.05, 4.69) is 41.1 Å². The van der Waals surface area contributed by atoms with Crippen LogP contribution >= 0.6 is 11.6 Å². The molecule has 0 spiro atoms. The van der Waals surface area contributed by atoms with Gasteiger partial charge in [-0.1, -0.05) is 43.1 Å². The minimum atomic E-state index is 0.506. The SMILES string of the molecule is CCCCN(c1ccccc1)c1cc(Cl)nc(C2CC2)n1. The maximum absolute atomic E-state index is 6.21. The van der Waals surface area contributed by atoms with Crippen LogP contribution in [0.3, 0.4) is 0 Å². The molecule has 110 valence electrons. The van der Waals surface area contributed by atoms with Crippen LogP contribution in [-0.4, -0.2) is 16.5 Å². The number of anilines is 2. The van der Waals surface area contributed by atoms with Gasteiger partial charge in [-0.15, -0.1) is 0 Å². The first-order valence-electron chi connectivity index (χ1n) is 7.65. The molecule has 0 aliphatic heterocycles. The predicted molar refractivity (Wildman–Crippen MR) is 87.4 cm³/mol. The maximum atomic E-state index is 6.21. The Kier molecular flexibility index (Phi) is 4.39. The van der Waals surface area contributed by atoms with Crippen molar-refractivity contribution >= 4 is 23.1 Å². The van der Waals surface area contributed by atoms with Gasteiger partial charge in [-0.05, 0) is 31.4 Å². The fraction of sp³-hybridized carbons (Fsp3) is 0.412. The highest BCUT2D eigenvalue weighted by atomic mass is 35.5. The van der Waals surface area contributed by atoms with Crippen LogP contribution in [0.1, 0.15) is 44.3 Å². The Labute approximate surface area is 131 Å². The molecular weight excluding hydrogens is 282 g/mol. The number of aromatic nitrogens is 2. The van der Waals surface area contributed by atoms with Crippen molar-refractivity contribution in [2.75, 3.05) is 11.4 Å². The fourth-order valence-corrected chi connectivity index (χ4v) is 2.57. The van der Waals surface area contributed by atoms with Gasteiger partial charge in [0.05, 0.1) is 0 Å². The molecule has 21 heavy (non-hydrogen) atoms. The summed E-state index contributed by atoms with van der Waals surface area (Å²) in [6.45, 7) is 3.14. The second kappa shape index (κ2) is 6.44. The predicted octanol–water partition coefficient (Wildman–Crippen LogP) is 4.95. The molecule has 0 unspecified atom stereocenters. The molecule has 1 aliphatic rings. The van der Waals surface area contributed by atoms with Crippen LogP contribution in [0.2, 0.25) is 5.15 Å². The zero-order valence-corrected chi connectivity index (χ0v) is 13.1. The monoisotopic (exact) mass is 301 g/mol. The topological polar surface area (TPSA) is 29.0 Å². The quantitative estimate of drug-likeness (QED) is 0.707. The Morgan fingerprint density at radius 1 is 1.19 bits per heavy atom. The number of nitrogens with zero attached hydrogens (tertiary/aromatic N) is 3. The average Bonchev–Trinajstić information content (AvgIpc) is 3.33. The Balaban J connectivity index is 1.95. The molecule has 2 aromatic rings. The van der Waals surface area contributed by atoms with Crippen molar-refractivity contribution in [3.63, 3.8) is 0 Å². The van der Waals surface area contributed by atoms with E-state index in [0.29, 0.717) is 11.1 Å². The van der Waals surface area contributed by atoms with Crippen LogP contribution in [0.5, 0.6) is 0 Å². The molecule has 0 saturated heterocycles. The van der Waals surface area contributed by atoms with Crippen molar-refractivity contribution < 1.29 is 0 Å². The van der Waals surface area contributed by atoms with E-state index in [0.717, 1.165) is 36.7 Å². The van der Waals surface area contributed by atoms with Crippen LogP contribution in [0, 0.1) is 0 Å². The number of para-hydroxylation sites is 1. The van der Waals surface area contributed by atoms with Gasteiger partial charge in [-0.3, -0.25) is 0 Å². The molecule has 0 radical (unpaired) electrons. The van der Waals surface area contributed by atoms with E-state index in [4.69, 9.17) is 16.6 Å². The largest absolute Gasteiger partial charge is 0.326 e. The normalized spacial score (nSPS) is 14.2. The summed E-state index contributed by atoms with van der Waals surface area (Å²) >= 11 is 6.21. The molecule has 1 aromatic heterocycles. The van der Waals surface area contributed by atoms with E-state index in [-0.39, 0.29) is 0 Å². The van der Waals surface area contributed by atoms with Crippen LogP contribution < -0.4 is 4.90 Å². The lowest BCUT2D eigenvalue weighted by Gasteiger charge is -2.24. The molecule has 0 atom stereocenters. The lowest BCUT2D eigenvalue weighted by molar-refractivity contribution is 0.773. The van der Waals surface area contributed by atoms with Crippen molar-refractivity contribution in [2.45, 2.75) is 38.5 Å². The lowest BCUT2D eigenvalue weighted by Crippen LogP contribution is -2.20. The van der Waals surface area contributed by atoms with Gasteiger partial charge < -0.3 is 4.90 Å². The summed E-state index contributed by atoms with van der Waals surface area (Å²) in [5, 5.41) is 0.541. The van der Waals surface area contributed by atoms with E-state index in [1.165, 1.54) is 12.8 Å². The first-order chi connectivity index (χ1) is 10.3. The Morgan fingerprint density at radius 2 is 1.95 bits per heavy atom. The Hall–Kier alpha value is -1.61. The van der Waals surface area contributed by atoms with Crippen molar-refractivity contribution in [2.24, 2.45) is 0 Å². The van der Waals surface area contributed by atoms with Crippen LogP contribution in [-0.2, 0) is 0 Å². The number of halogens is 1. The van der Waals surface area contributed by atoms with Gasteiger partial charge in [0, 0.05) is 24.2 Å². The molecule has 0 N–H and O–H groups in total. The van der Waals surface area contributed by atoms with E-state index in [9.17, 15) is 0 Å². The number of hydrogen-bond donors (Lipinski definition) is 0. The molecule has 4 heteroatoms. The zero-order chi connectivity index (χ0) is 14.7. The molecule has 0 bridgehead atoms. The molecule has 1 aromatic carbocycles. The highest BCUT2D eigenvalue weighted by Gasteiger charge is 2.28. The third-order valence-electron chi connectivity index (χ3n) is 3.72. The average molecular weight is 302 g/mol. The molecule has 1 heterocycles. The van der Waals surface area contributed by atoms with Gasteiger partial charge in [-0.2, -0.15) is 0 Å². The summed E-state index contributed by atoms with van der Waals surface area (Å²) in [4.78, 5) is 11.4. The summed E-state index contributed by atoms with van der Waals surface area (Å²) in [7, 11) is 0. The van der Waals surface area contributed by atoms with Gasteiger partial charge in [0.25, 0.3) is 0 Å². The van der Waals surface area contributed by atoms with Crippen molar-refractivity contribution in [3.05, 3.63) is 47.4 Å². The summed E-state index contributed by atoms with van der Waals surface area (Å²) in [6, 6.07) is 12.2. The second-order valence-corrected chi connectivity index (χ2v) is 5.91. The van der Waals surface area contributed by atoms with Gasteiger partial charge in [-0.25, -0.2) is 9.97 Å². The van der Waals surface area contributed by atoms with E-state index < -0.39 is 0 Å². The van der Waals surface area contributed by atoms with Crippen molar-refractivity contribution in [1.82, 2.24) is 9.97 Å². The molecule has 1 aliphatic carbocycles. The number of unbranched alkanes of at least 4 members (excludes halogenated alkanes) is 1. The summed E-state index contributed by atoms with van der Waals surface area (Å²) < 4.78 is 0. The van der Waals surface area contributed by atoms with Crippen LogP contribution in [0.25, 0.3) is 0 Å². The Bertz CT molecular complexity index is 596. The smallest absolute Gasteiger partial charge is 0.138 e. The summed E-state index contributed by atoms with van der Waals surface area (Å²) in [6.07, 6.45) is 4.63.